The molecule has 5 rings (SSSR count). The fourth-order valence-electron chi connectivity index (χ4n) is 4.91. The number of aryl methyl sites for hydroxylation is 1. The lowest BCUT2D eigenvalue weighted by molar-refractivity contribution is -0.144. The predicted molar refractivity (Wildman–Crippen MR) is 147 cm³/mol. The van der Waals surface area contributed by atoms with Gasteiger partial charge in [-0.25, -0.2) is 0 Å². The fraction of sp³-hybridized carbons (Fsp3) is 0.355. The van der Waals surface area contributed by atoms with Gasteiger partial charge in [-0.3, -0.25) is 4.79 Å². The van der Waals surface area contributed by atoms with Crippen LogP contribution in [-0.2, 0) is 20.8 Å². The highest BCUT2D eigenvalue weighted by Gasteiger charge is 2.45. The van der Waals surface area contributed by atoms with Gasteiger partial charge in [0.2, 0.25) is 0 Å². The molecule has 0 saturated heterocycles. The number of nitrogens with zero attached hydrogens (tertiary/aromatic N) is 1. The summed E-state index contributed by atoms with van der Waals surface area (Å²) in [6, 6.07) is 27.9. The van der Waals surface area contributed by atoms with E-state index >= 15 is 0 Å². The molecule has 3 aromatic rings. The second-order valence-corrected chi connectivity index (χ2v) is 10.8. The van der Waals surface area contributed by atoms with Crippen LogP contribution in [0.1, 0.15) is 49.0 Å². The van der Waals surface area contributed by atoms with Crippen LogP contribution in [0.4, 0.5) is 0 Å². The minimum Gasteiger partial charge on any atom is -0.466 e. The lowest BCUT2D eigenvalue weighted by Crippen LogP contribution is -2.18. The number of carbonyl (C=O) groups excluding carboxylic acids is 1. The number of hydrogen-bond donors (Lipinski definition) is 0. The zero-order chi connectivity index (χ0) is 24.9. The number of benzene rings is 3. The van der Waals surface area contributed by atoms with Crippen molar-refractivity contribution < 1.29 is 14.4 Å². The average molecular weight is 500 g/mol. The van der Waals surface area contributed by atoms with Crippen LogP contribution in [0.15, 0.2) is 84.0 Å². The summed E-state index contributed by atoms with van der Waals surface area (Å²) in [5, 5.41) is 4.33. The Morgan fingerprint density at radius 1 is 0.972 bits per heavy atom. The van der Waals surface area contributed by atoms with E-state index in [1.807, 2.05) is 18.7 Å². The summed E-state index contributed by atoms with van der Waals surface area (Å²) in [4.78, 5) is 17.8. The number of thioether (sulfide) groups is 1. The Bertz CT molecular complexity index is 1190. The lowest BCUT2D eigenvalue weighted by Gasteiger charge is -2.18. The minimum atomic E-state index is -0.0663. The highest BCUT2D eigenvalue weighted by molar-refractivity contribution is 7.99. The van der Waals surface area contributed by atoms with E-state index in [0.29, 0.717) is 18.4 Å². The molecule has 2 unspecified atom stereocenters. The topological polar surface area (TPSA) is 47.9 Å². The summed E-state index contributed by atoms with van der Waals surface area (Å²) in [6.45, 7) is 4.38. The van der Waals surface area contributed by atoms with Gasteiger partial charge in [0.05, 0.1) is 24.2 Å². The molecule has 36 heavy (non-hydrogen) atoms. The molecule has 4 atom stereocenters. The molecule has 0 amide bonds. The molecular weight excluding hydrogens is 466 g/mol. The molecule has 1 saturated carbocycles. The van der Waals surface area contributed by atoms with Gasteiger partial charge in [-0.1, -0.05) is 84.0 Å². The van der Waals surface area contributed by atoms with Crippen molar-refractivity contribution in [3.63, 3.8) is 0 Å². The van der Waals surface area contributed by atoms with Crippen LogP contribution in [0.25, 0.3) is 11.1 Å². The van der Waals surface area contributed by atoms with E-state index in [4.69, 9.17) is 9.57 Å². The average Bonchev–Trinajstić information content (AvgIpc) is 3.64. The Balaban J connectivity index is 1.17. The first-order valence-electron chi connectivity index (χ1n) is 12.8. The summed E-state index contributed by atoms with van der Waals surface area (Å²) in [5.74, 6) is 2.65. The Kier molecular flexibility index (Phi) is 7.76. The van der Waals surface area contributed by atoms with E-state index in [9.17, 15) is 4.79 Å². The molecule has 4 nitrogen and oxygen atoms in total. The Morgan fingerprint density at radius 3 is 2.31 bits per heavy atom. The van der Waals surface area contributed by atoms with E-state index in [1.165, 1.54) is 27.8 Å². The summed E-state index contributed by atoms with van der Waals surface area (Å²) in [7, 11) is 0. The van der Waals surface area contributed by atoms with Crippen molar-refractivity contribution in [1.82, 2.24) is 0 Å². The monoisotopic (exact) mass is 499 g/mol. The molecule has 0 spiro atoms. The van der Waals surface area contributed by atoms with Crippen molar-refractivity contribution >= 4 is 23.4 Å². The number of rotatable bonds is 10. The number of hydrogen-bond acceptors (Lipinski definition) is 5. The Morgan fingerprint density at radius 2 is 1.64 bits per heavy atom. The van der Waals surface area contributed by atoms with Gasteiger partial charge in [0, 0.05) is 5.75 Å². The molecule has 5 heteroatoms. The van der Waals surface area contributed by atoms with Gasteiger partial charge in [-0.05, 0) is 66.2 Å². The largest absolute Gasteiger partial charge is 0.466 e. The molecule has 1 heterocycles. The molecule has 1 fully saturated rings. The normalized spacial score (nSPS) is 22.6. The van der Waals surface area contributed by atoms with Gasteiger partial charge in [0.25, 0.3) is 0 Å². The molecule has 0 bridgehead atoms. The van der Waals surface area contributed by atoms with Crippen LogP contribution >= 0.6 is 11.8 Å². The van der Waals surface area contributed by atoms with Crippen molar-refractivity contribution in [2.75, 3.05) is 18.1 Å². The molecule has 0 N–H and O–H groups in total. The van der Waals surface area contributed by atoms with E-state index in [0.717, 1.165) is 30.1 Å². The number of oxime groups is 1. The van der Waals surface area contributed by atoms with Gasteiger partial charge in [-0.15, -0.1) is 0 Å². The highest BCUT2D eigenvalue weighted by Crippen LogP contribution is 2.48. The third-order valence-electron chi connectivity index (χ3n) is 7.18. The molecule has 1 aliphatic heterocycles. The lowest BCUT2D eigenvalue weighted by atomic mass is 9.93. The molecule has 0 radical (unpaired) electrons. The molecular formula is C31H33NO3S. The summed E-state index contributed by atoms with van der Waals surface area (Å²) >= 11 is 1.97. The van der Waals surface area contributed by atoms with Crippen LogP contribution in [0.2, 0.25) is 0 Å². The van der Waals surface area contributed by atoms with Gasteiger partial charge < -0.3 is 9.57 Å². The van der Waals surface area contributed by atoms with Crippen molar-refractivity contribution in [3.05, 3.63) is 95.6 Å². The van der Waals surface area contributed by atoms with Gasteiger partial charge >= 0.3 is 5.97 Å². The highest BCUT2D eigenvalue weighted by atomic mass is 32.2. The third kappa shape index (κ3) is 5.67. The van der Waals surface area contributed by atoms with E-state index in [2.05, 4.69) is 90.9 Å². The maximum Gasteiger partial charge on any atom is 0.309 e. The first-order chi connectivity index (χ1) is 17.6. The first-order valence-corrected chi connectivity index (χ1v) is 14.0. The fourth-order valence-corrected chi connectivity index (χ4v) is 6.12. The Labute approximate surface area is 218 Å². The second-order valence-electron chi connectivity index (χ2n) is 9.62. The van der Waals surface area contributed by atoms with Crippen molar-refractivity contribution in [2.24, 2.45) is 17.0 Å². The van der Waals surface area contributed by atoms with Crippen LogP contribution in [-0.4, -0.2) is 29.8 Å². The van der Waals surface area contributed by atoms with Gasteiger partial charge in [-0.2, -0.15) is 11.8 Å². The zero-order valence-electron chi connectivity index (χ0n) is 20.9. The molecule has 3 aromatic carbocycles. The van der Waals surface area contributed by atoms with Crippen LogP contribution in [0, 0.1) is 11.8 Å². The Hall–Kier alpha value is -3.05. The number of ether oxygens (including phenoxy) is 1. The molecule has 0 aromatic heterocycles. The zero-order valence-corrected chi connectivity index (χ0v) is 21.7. The molecule has 1 aliphatic carbocycles. The van der Waals surface area contributed by atoms with Gasteiger partial charge in [0.15, 0.2) is 6.10 Å². The maximum atomic E-state index is 12.0. The number of carbonyl (C=O) groups is 1. The van der Waals surface area contributed by atoms with Crippen LogP contribution in [0.3, 0.4) is 0 Å². The van der Waals surface area contributed by atoms with E-state index in [1.54, 1.807) is 0 Å². The quantitative estimate of drug-likeness (QED) is 0.221. The standard InChI is InChI=1S/C31H33NO3S/c1-3-34-31(33)28-19-27(28)25-13-9-23(10-14-25)24-11-15-26(16-12-24)30-29(21(2)32-35-30)20-36-18-17-22-7-5-4-6-8-22/h4-16,27-30H,3,17-20H2,1-2H3/t27-,28-,29?,30?/m1/s1. The second kappa shape index (κ2) is 11.3. The SMILES string of the molecule is CCOC(=O)[C@@H]1C[C@@H]1c1ccc(-c2ccc(C3ON=C(C)C3CSCCc3ccccc3)cc2)cc1. The summed E-state index contributed by atoms with van der Waals surface area (Å²) in [6.07, 6.45) is 1.94. The smallest absolute Gasteiger partial charge is 0.309 e. The summed E-state index contributed by atoms with van der Waals surface area (Å²) in [5.41, 5.74) is 7.19. The summed E-state index contributed by atoms with van der Waals surface area (Å²) < 4.78 is 5.17. The maximum absolute atomic E-state index is 12.0. The van der Waals surface area contributed by atoms with Gasteiger partial charge in [0.1, 0.15) is 0 Å². The van der Waals surface area contributed by atoms with E-state index in [-0.39, 0.29) is 18.0 Å². The molecule has 186 valence electrons. The van der Waals surface area contributed by atoms with Crippen molar-refractivity contribution in [3.8, 4) is 11.1 Å². The predicted octanol–water partition coefficient (Wildman–Crippen LogP) is 7.06. The third-order valence-corrected chi connectivity index (χ3v) is 8.27. The van der Waals surface area contributed by atoms with Crippen molar-refractivity contribution in [1.29, 1.82) is 0 Å². The number of esters is 1. The van der Waals surface area contributed by atoms with E-state index < -0.39 is 0 Å². The molecule has 2 aliphatic rings. The first kappa shape index (κ1) is 24.6. The van der Waals surface area contributed by atoms with Crippen molar-refractivity contribution in [2.45, 2.75) is 38.7 Å². The minimum absolute atomic E-state index is 0.0246. The van der Waals surface area contributed by atoms with Crippen LogP contribution in [0.5, 0.6) is 0 Å². The van der Waals surface area contributed by atoms with Crippen LogP contribution < -0.4 is 0 Å².